The zero-order chi connectivity index (χ0) is 2.00. The van der Waals surface area contributed by atoms with Crippen molar-refractivity contribution in [2.24, 2.45) is 0 Å². The van der Waals surface area contributed by atoms with Crippen LogP contribution in [0.5, 0.6) is 0 Å². The average molecular weight is 160 g/mol. The molecule has 0 aromatic carbocycles. The molecule has 1 nitrogen and oxygen atoms in total. The molecule has 3 heteroatoms. The second-order valence-electron chi connectivity index (χ2n) is 0. The largest absolute Gasteiger partial charge is 0.400 e. The third kappa shape index (κ3) is 11.1. The number of aliphatic hydroxyl groups excluding tert-OH is 1. The second kappa shape index (κ2) is 31.6. The van der Waals surface area contributed by atoms with Crippen molar-refractivity contribution in [2.75, 3.05) is 7.11 Å². The first-order valence-corrected chi connectivity index (χ1v) is 0.447. The van der Waals surface area contributed by atoms with E-state index in [1.807, 2.05) is 0 Å². The summed E-state index contributed by atoms with van der Waals surface area (Å²) in [6, 6.07) is 0. The van der Waals surface area contributed by atoms with Crippen molar-refractivity contribution in [2.45, 2.75) is 0 Å². The third-order valence-corrected chi connectivity index (χ3v) is 0. The van der Waals surface area contributed by atoms with Crippen molar-refractivity contribution in [3.63, 3.8) is 0 Å². The van der Waals surface area contributed by atoms with Gasteiger partial charge in [0.15, 0.2) is 0 Å². The van der Waals surface area contributed by atoms with Crippen LogP contribution in [0.15, 0.2) is 0 Å². The van der Waals surface area contributed by atoms with Crippen LogP contribution in [0, 0.1) is 0 Å². The number of hydrogen-bond acceptors (Lipinski definition) is 1. The minimum atomic E-state index is 0. The molecular weight excluding hydrogens is 155 g/mol. The van der Waals surface area contributed by atoms with Crippen molar-refractivity contribution in [3.8, 4) is 0 Å². The Balaban J connectivity index is -0.00000000500. The van der Waals surface area contributed by atoms with Gasteiger partial charge in [0.05, 0.1) is 0 Å². The number of hydrogen-bond donors (Lipinski definition) is 1. The molecule has 0 spiro atoms. The van der Waals surface area contributed by atoms with E-state index in [4.69, 9.17) is 5.11 Å². The van der Waals surface area contributed by atoms with Gasteiger partial charge in [0, 0.05) is 33.3 Å². The molecule has 0 heterocycles. The van der Waals surface area contributed by atoms with E-state index in [-0.39, 0.29) is 38.6 Å². The van der Waals surface area contributed by atoms with Crippen LogP contribution in [0.2, 0.25) is 0 Å². The summed E-state index contributed by atoms with van der Waals surface area (Å²) in [7, 11) is 1.00. The Hall–Kier alpha value is 1.13. The van der Waals surface area contributed by atoms with Crippen LogP contribution in [0.1, 0.15) is 0 Å². The predicted octanol–water partition coefficient (Wildman–Crippen LogP) is 0.0278. The second-order valence-corrected chi connectivity index (χ2v) is 0. The number of aliphatic hydroxyl groups is 1. The molecule has 0 aliphatic rings. The van der Waals surface area contributed by atoms with Crippen molar-refractivity contribution in [1.29, 1.82) is 0 Å². The summed E-state index contributed by atoms with van der Waals surface area (Å²) in [5, 5.41) is 7.00. The van der Waals surface area contributed by atoms with Crippen LogP contribution < -0.4 is 0 Å². The minimum Gasteiger partial charge on any atom is -0.400 e. The van der Waals surface area contributed by atoms with Gasteiger partial charge in [-0.3, -0.25) is 0 Å². The molecule has 0 bridgehead atoms. The number of rotatable bonds is 0. The zero-order valence-corrected chi connectivity index (χ0v) is 5.63. The molecule has 0 rings (SSSR count). The standard InChI is InChI=1S/CH4O.ClH.Zr/c1-2;;/h2H,1H3;1H;. The first-order valence-electron chi connectivity index (χ1n) is 0.447. The monoisotopic (exact) mass is 158 g/mol. The predicted molar refractivity (Wildman–Crippen MR) is 15.4 cm³/mol. The van der Waals surface area contributed by atoms with Crippen LogP contribution in [0.3, 0.4) is 0 Å². The van der Waals surface area contributed by atoms with Gasteiger partial charge in [-0.1, -0.05) is 0 Å². The van der Waals surface area contributed by atoms with Crippen LogP contribution in [-0.4, -0.2) is 12.2 Å². The summed E-state index contributed by atoms with van der Waals surface area (Å²) in [4.78, 5) is 0. The molecule has 0 saturated heterocycles. The van der Waals surface area contributed by atoms with Crippen LogP contribution in [0.25, 0.3) is 0 Å². The maximum atomic E-state index is 7.00. The van der Waals surface area contributed by atoms with Gasteiger partial charge in [-0.05, 0) is 0 Å². The first-order chi connectivity index (χ1) is 1.00. The van der Waals surface area contributed by atoms with E-state index in [2.05, 4.69) is 0 Å². The molecule has 0 unspecified atom stereocenters. The van der Waals surface area contributed by atoms with Gasteiger partial charge in [0.25, 0.3) is 0 Å². The fourth-order valence-electron chi connectivity index (χ4n) is 0. The minimum absolute atomic E-state index is 0. The van der Waals surface area contributed by atoms with E-state index in [1.165, 1.54) is 0 Å². The summed E-state index contributed by atoms with van der Waals surface area (Å²) in [6.07, 6.45) is 0. The van der Waals surface area contributed by atoms with Gasteiger partial charge in [0.1, 0.15) is 0 Å². The average Bonchev–Trinajstić information content (AvgIpc) is 1.00. The normalized spacial score (nSPS) is 1.50. The number of halogens is 1. The Bertz CT molecular complexity index is 8.00. The van der Waals surface area contributed by atoms with Crippen LogP contribution >= 0.6 is 12.4 Å². The van der Waals surface area contributed by atoms with Gasteiger partial charge < -0.3 is 5.11 Å². The Kier molecular flexibility index (Phi) is 152. The van der Waals surface area contributed by atoms with Gasteiger partial charge in [-0.25, -0.2) is 0 Å². The Morgan fingerprint density at radius 3 is 1.25 bits per heavy atom. The van der Waals surface area contributed by atoms with Gasteiger partial charge in [0.2, 0.25) is 0 Å². The molecule has 0 aliphatic heterocycles. The fraction of sp³-hybridized carbons (Fsp3) is 1.00. The van der Waals surface area contributed by atoms with Crippen molar-refractivity contribution >= 4 is 12.4 Å². The molecule has 0 aliphatic carbocycles. The van der Waals surface area contributed by atoms with E-state index >= 15 is 0 Å². The molecule has 1 N–H and O–H groups in total. The summed E-state index contributed by atoms with van der Waals surface area (Å²) in [6.45, 7) is 0. The first kappa shape index (κ1) is 19.3. The summed E-state index contributed by atoms with van der Waals surface area (Å²) >= 11 is 0. The third-order valence-electron chi connectivity index (χ3n) is 0. The Morgan fingerprint density at radius 2 is 1.25 bits per heavy atom. The fourth-order valence-corrected chi connectivity index (χ4v) is 0. The summed E-state index contributed by atoms with van der Waals surface area (Å²) in [5.41, 5.74) is 0. The van der Waals surface area contributed by atoms with E-state index in [9.17, 15) is 0 Å². The van der Waals surface area contributed by atoms with Gasteiger partial charge in [-0.2, -0.15) is 0 Å². The molecule has 0 amide bonds. The van der Waals surface area contributed by atoms with Crippen LogP contribution in [-0.2, 0) is 26.2 Å². The van der Waals surface area contributed by atoms with E-state index in [0.29, 0.717) is 0 Å². The molecule has 26 valence electrons. The topological polar surface area (TPSA) is 20.2 Å². The maximum Gasteiger partial charge on any atom is 0.0319 e. The van der Waals surface area contributed by atoms with Crippen molar-refractivity contribution < 1.29 is 31.3 Å². The Morgan fingerprint density at radius 1 is 1.25 bits per heavy atom. The molecule has 0 atom stereocenters. The van der Waals surface area contributed by atoms with Gasteiger partial charge >= 0.3 is 0 Å². The van der Waals surface area contributed by atoms with E-state index < -0.39 is 0 Å². The van der Waals surface area contributed by atoms with Crippen LogP contribution in [0.4, 0.5) is 0 Å². The Labute approximate surface area is 50.9 Å². The molecule has 0 fully saturated rings. The maximum absolute atomic E-state index is 7.00. The van der Waals surface area contributed by atoms with Crippen molar-refractivity contribution in [1.82, 2.24) is 0 Å². The molecule has 0 aromatic heterocycles. The molecule has 0 saturated carbocycles. The molecule has 0 radical (unpaired) electrons. The molecular formula is CH5ClOZr. The quantitative estimate of drug-likeness (QED) is 0.529. The molecule has 0 aromatic rings. The van der Waals surface area contributed by atoms with E-state index in [0.717, 1.165) is 7.11 Å². The van der Waals surface area contributed by atoms with Crippen molar-refractivity contribution in [3.05, 3.63) is 0 Å². The summed E-state index contributed by atoms with van der Waals surface area (Å²) in [5.74, 6) is 0. The molecule has 4 heavy (non-hydrogen) atoms. The van der Waals surface area contributed by atoms with E-state index in [1.54, 1.807) is 0 Å². The summed E-state index contributed by atoms with van der Waals surface area (Å²) < 4.78 is 0. The zero-order valence-electron chi connectivity index (χ0n) is 2.36. The van der Waals surface area contributed by atoms with Gasteiger partial charge in [-0.15, -0.1) is 12.4 Å². The SMILES string of the molecule is CO.Cl.[Zr]. The smallest absolute Gasteiger partial charge is 0.0319 e.